The van der Waals surface area contributed by atoms with Crippen LogP contribution >= 0.6 is 23.1 Å². The first-order chi connectivity index (χ1) is 13.5. The van der Waals surface area contributed by atoms with Crippen molar-refractivity contribution in [2.24, 2.45) is 0 Å². The Labute approximate surface area is 171 Å². The number of methoxy groups -OCH3 is 1. The SMILES string of the molecule is COc1ccc(CNC(=O)CSCc2nc3sc(C(C)C)cc3c(=O)[nH]2)cc1. The van der Waals surface area contributed by atoms with Crippen LogP contribution in [-0.2, 0) is 17.1 Å². The van der Waals surface area contributed by atoms with Gasteiger partial charge in [0.15, 0.2) is 0 Å². The molecule has 0 atom stereocenters. The molecule has 8 heteroatoms. The monoisotopic (exact) mass is 417 g/mol. The largest absolute Gasteiger partial charge is 0.497 e. The fourth-order valence-electron chi connectivity index (χ4n) is 2.58. The molecule has 3 rings (SSSR count). The number of aromatic nitrogens is 2. The molecule has 0 aliphatic carbocycles. The molecule has 0 aliphatic heterocycles. The fraction of sp³-hybridized carbons (Fsp3) is 0.350. The Bertz CT molecular complexity index is 1010. The molecule has 0 unspecified atom stereocenters. The van der Waals surface area contributed by atoms with E-state index in [4.69, 9.17) is 4.74 Å². The van der Waals surface area contributed by atoms with Crippen molar-refractivity contribution < 1.29 is 9.53 Å². The first-order valence-corrected chi connectivity index (χ1v) is 10.9. The number of aromatic amines is 1. The van der Waals surface area contributed by atoms with Crippen LogP contribution in [0.15, 0.2) is 35.1 Å². The molecular formula is C20H23N3O3S2. The van der Waals surface area contributed by atoms with E-state index in [-0.39, 0.29) is 11.5 Å². The number of benzene rings is 1. The van der Waals surface area contributed by atoms with Crippen molar-refractivity contribution in [1.29, 1.82) is 0 Å². The predicted molar refractivity (Wildman–Crippen MR) is 115 cm³/mol. The lowest BCUT2D eigenvalue weighted by molar-refractivity contribution is -0.118. The van der Waals surface area contributed by atoms with E-state index in [0.29, 0.717) is 35.2 Å². The predicted octanol–water partition coefficient (Wildman–Crippen LogP) is 3.67. The summed E-state index contributed by atoms with van der Waals surface area (Å²) >= 11 is 2.98. The van der Waals surface area contributed by atoms with Crippen LogP contribution in [0.4, 0.5) is 0 Å². The second-order valence-corrected chi connectivity index (χ2v) is 8.70. The van der Waals surface area contributed by atoms with Crippen molar-refractivity contribution in [1.82, 2.24) is 15.3 Å². The Morgan fingerprint density at radius 3 is 2.75 bits per heavy atom. The first-order valence-electron chi connectivity index (χ1n) is 8.96. The maximum absolute atomic E-state index is 12.3. The summed E-state index contributed by atoms with van der Waals surface area (Å²) < 4.78 is 5.12. The van der Waals surface area contributed by atoms with Gasteiger partial charge in [-0.15, -0.1) is 23.1 Å². The normalized spacial score (nSPS) is 11.1. The van der Waals surface area contributed by atoms with E-state index in [1.807, 2.05) is 30.3 Å². The summed E-state index contributed by atoms with van der Waals surface area (Å²) in [6.45, 7) is 4.66. The molecule has 6 nitrogen and oxygen atoms in total. The lowest BCUT2D eigenvalue weighted by Crippen LogP contribution is -2.24. The van der Waals surface area contributed by atoms with E-state index in [1.54, 1.807) is 18.4 Å². The van der Waals surface area contributed by atoms with Gasteiger partial charge in [0, 0.05) is 11.4 Å². The van der Waals surface area contributed by atoms with Crippen LogP contribution < -0.4 is 15.6 Å². The summed E-state index contributed by atoms with van der Waals surface area (Å²) in [5.74, 6) is 2.49. The molecule has 0 fully saturated rings. The highest BCUT2D eigenvalue weighted by Crippen LogP contribution is 2.27. The standard InChI is InChI=1S/C20H23N3O3S2/c1-12(2)16-8-15-19(25)22-17(23-20(15)28-16)10-27-11-18(24)21-9-13-4-6-14(26-3)7-5-13/h4-8,12H,9-11H2,1-3H3,(H,21,24)(H,22,23,25). The van der Waals surface area contributed by atoms with E-state index in [0.717, 1.165) is 21.0 Å². The number of hydrogen-bond acceptors (Lipinski definition) is 6. The van der Waals surface area contributed by atoms with Gasteiger partial charge in [-0.05, 0) is 29.7 Å². The van der Waals surface area contributed by atoms with Gasteiger partial charge in [0.2, 0.25) is 5.91 Å². The van der Waals surface area contributed by atoms with Crippen LogP contribution in [0.5, 0.6) is 5.75 Å². The van der Waals surface area contributed by atoms with Gasteiger partial charge >= 0.3 is 0 Å². The molecular weight excluding hydrogens is 394 g/mol. The van der Waals surface area contributed by atoms with E-state index in [2.05, 4.69) is 29.1 Å². The minimum absolute atomic E-state index is 0.0533. The Morgan fingerprint density at radius 1 is 1.32 bits per heavy atom. The zero-order valence-electron chi connectivity index (χ0n) is 16.1. The molecule has 0 radical (unpaired) electrons. The third-order valence-electron chi connectivity index (χ3n) is 4.16. The fourth-order valence-corrected chi connectivity index (χ4v) is 4.36. The van der Waals surface area contributed by atoms with Gasteiger partial charge in [0.05, 0.1) is 24.0 Å². The quantitative estimate of drug-likeness (QED) is 0.584. The smallest absolute Gasteiger partial charge is 0.259 e. The third kappa shape index (κ3) is 5.14. The molecule has 0 bridgehead atoms. The number of thiophene rings is 1. The molecule has 28 heavy (non-hydrogen) atoms. The van der Waals surface area contributed by atoms with Crippen molar-refractivity contribution in [3.8, 4) is 5.75 Å². The van der Waals surface area contributed by atoms with E-state index < -0.39 is 0 Å². The number of nitrogens with zero attached hydrogens (tertiary/aromatic N) is 1. The topological polar surface area (TPSA) is 84.1 Å². The molecule has 2 heterocycles. The minimum Gasteiger partial charge on any atom is -0.497 e. The Morgan fingerprint density at radius 2 is 2.07 bits per heavy atom. The van der Waals surface area contributed by atoms with E-state index in [1.165, 1.54) is 11.8 Å². The van der Waals surface area contributed by atoms with Crippen LogP contribution in [-0.4, -0.2) is 28.7 Å². The molecule has 2 aromatic heterocycles. The molecule has 0 spiro atoms. The molecule has 0 saturated carbocycles. The zero-order chi connectivity index (χ0) is 20.1. The number of carbonyl (C=O) groups excluding carboxylic acids is 1. The minimum atomic E-state index is -0.118. The van der Waals surface area contributed by atoms with Crippen LogP contribution in [0.25, 0.3) is 10.2 Å². The second-order valence-electron chi connectivity index (χ2n) is 6.65. The van der Waals surface area contributed by atoms with Crippen LogP contribution in [0.2, 0.25) is 0 Å². The number of ether oxygens (including phenoxy) is 1. The number of rotatable bonds is 8. The van der Waals surface area contributed by atoms with Crippen molar-refractivity contribution in [3.63, 3.8) is 0 Å². The van der Waals surface area contributed by atoms with Crippen LogP contribution in [0.1, 0.15) is 36.0 Å². The Kier molecular flexibility index (Phi) is 6.74. The van der Waals surface area contributed by atoms with Gasteiger partial charge in [-0.25, -0.2) is 4.98 Å². The average Bonchev–Trinajstić information content (AvgIpc) is 3.12. The summed E-state index contributed by atoms with van der Waals surface area (Å²) in [5, 5.41) is 3.53. The molecule has 0 aliphatic rings. The van der Waals surface area contributed by atoms with Gasteiger partial charge in [-0.2, -0.15) is 0 Å². The van der Waals surface area contributed by atoms with Gasteiger partial charge in [0.25, 0.3) is 5.56 Å². The van der Waals surface area contributed by atoms with Gasteiger partial charge in [-0.3, -0.25) is 9.59 Å². The number of amides is 1. The number of carbonyl (C=O) groups is 1. The Hall–Kier alpha value is -2.32. The van der Waals surface area contributed by atoms with Crippen molar-refractivity contribution in [2.75, 3.05) is 12.9 Å². The van der Waals surface area contributed by atoms with Crippen molar-refractivity contribution in [2.45, 2.75) is 32.1 Å². The van der Waals surface area contributed by atoms with Crippen LogP contribution in [0.3, 0.4) is 0 Å². The maximum Gasteiger partial charge on any atom is 0.259 e. The number of fused-ring (bicyclic) bond motifs is 1. The lowest BCUT2D eigenvalue weighted by atomic mass is 10.2. The highest BCUT2D eigenvalue weighted by Gasteiger charge is 2.11. The van der Waals surface area contributed by atoms with Gasteiger partial charge < -0.3 is 15.0 Å². The number of hydrogen-bond donors (Lipinski definition) is 2. The number of thioether (sulfide) groups is 1. The highest BCUT2D eigenvalue weighted by atomic mass is 32.2. The summed E-state index contributed by atoms with van der Waals surface area (Å²) in [6.07, 6.45) is 0. The highest BCUT2D eigenvalue weighted by molar-refractivity contribution is 7.99. The Balaban J connectivity index is 1.51. The molecule has 1 amide bonds. The number of H-pyrrole nitrogens is 1. The first kappa shape index (κ1) is 20.4. The molecule has 0 saturated heterocycles. The molecule has 2 N–H and O–H groups in total. The van der Waals surface area contributed by atoms with Gasteiger partial charge in [0.1, 0.15) is 16.4 Å². The summed E-state index contributed by atoms with van der Waals surface area (Å²) in [7, 11) is 1.62. The maximum atomic E-state index is 12.3. The average molecular weight is 418 g/mol. The van der Waals surface area contributed by atoms with E-state index >= 15 is 0 Å². The summed E-state index contributed by atoms with van der Waals surface area (Å²) in [6, 6.07) is 9.48. The number of nitrogens with one attached hydrogen (secondary N) is 2. The summed E-state index contributed by atoms with van der Waals surface area (Å²) in [5.41, 5.74) is 0.891. The van der Waals surface area contributed by atoms with Crippen molar-refractivity contribution in [3.05, 3.63) is 57.0 Å². The van der Waals surface area contributed by atoms with Crippen molar-refractivity contribution >= 4 is 39.2 Å². The van der Waals surface area contributed by atoms with Gasteiger partial charge in [-0.1, -0.05) is 26.0 Å². The van der Waals surface area contributed by atoms with E-state index in [9.17, 15) is 9.59 Å². The zero-order valence-corrected chi connectivity index (χ0v) is 17.7. The van der Waals surface area contributed by atoms with Crippen LogP contribution in [0, 0.1) is 0 Å². The molecule has 3 aromatic rings. The molecule has 1 aromatic carbocycles. The second kappa shape index (κ2) is 9.25. The third-order valence-corrected chi connectivity index (χ3v) is 6.43. The lowest BCUT2D eigenvalue weighted by Gasteiger charge is -2.06. The summed E-state index contributed by atoms with van der Waals surface area (Å²) in [4.78, 5) is 33.6. The molecule has 148 valence electrons.